The Morgan fingerprint density at radius 1 is 1.17 bits per heavy atom. The molecule has 0 radical (unpaired) electrons. The number of carbonyl (C=O) groups is 1. The van der Waals surface area contributed by atoms with Crippen molar-refractivity contribution in [2.75, 3.05) is 11.9 Å². The van der Waals surface area contributed by atoms with Crippen molar-refractivity contribution < 1.29 is 18.3 Å². The summed E-state index contributed by atoms with van der Waals surface area (Å²) >= 11 is 1.09. The molecule has 3 aromatic heterocycles. The molecule has 0 aliphatic heterocycles. The van der Waals surface area contributed by atoms with E-state index in [1.807, 2.05) is 13.8 Å². The van der Waals surface area contributed by atoms with Crippen molar-refractivity contribution in [3.05, 3.63) is 62.2 Å². The second kappa shape index (κ2) is 9.45. The summed E-state index contributed by atoms with van der Waals surface area (Å²) in [6.07, 6.45) is 1.55. The van der Waals surface area contributed by atoms with Gasteiger partial charge < -0.3 is 14.6 Å². The van der Waals surface area contributed by atoms with E-state index in [1.165, 1.54) is 16.2 Å². The first-order valence-electron chi connectivity index (χ1n) is 10.7. The number of benzene rings is 1. The first-order valence-corrected chi connectivity index (χ1v) is 11.6. The lowest BCUT2D eigenvalue weighted by Crippen LogP contribution is -2.37. The van der Waals surface area contributed by atoms with Crippen LogP contribution in [0.1, 0.15) is 13.8 Å². The number of nitrogens with one attached hydrogen (secondary N) is 1. The Morgan fingerprint density at radius 2 is 1.86 bits per heavy atom. The molecule has 0 fully saturated rings. The van der Waals surface area contributed by atoms with E-state index in [0.29, 0.717) is 5.52 Å². The minimum absolute atomic E-state index is 0.109. The maximum atomic E-state index is 14.4. The summed E-state index contributed by atoms with van der Waals surface area (Å²) in [4.78, 5) is 41.5. The lowest BCUT2D eigenvalue weighted by molar-refractivity contribution is -0.116. The van der Waals surface area contributed by atoms with Gasteiger partial charge in [-0.15, -0.1) is 11.3 Å². The Labute approximate surface area is 202 Å². The van der Waals surface area contributed by atoms with E-state index in [-0.39, 0.29) is 41.0 Å². The van der Waals surface area contributed by atoms with Crippen molar-refractivity contribution in [1.29, 1.82) is 0 Å². The molecule has 0 saturated carbocycles. The van der Waals surface area contributed by atoms with E-state index in [4.69, 9.17) is 4.74 Å². The van der Waals surface area contributed by atoms with Gasteiger partial charge in [-0.05, 0) is 24.1 Å². The van der Waals surface area contributed by atoms with Crippen LogP contribution in [0.2, 0.25) is 0 Å². The number of ether oxygens (including phenoxy) is 1. The van der Waals surface area contributed by atoms with Crippen LogP contribution < -0.4 is 21.3 Å². The zero-order valence-corrected chi connectivity index (χ0v) is 20.3. The molecule has 0 spiro atoms. The molecule has 0 unspecified atom stereocenters. The van der Waals surface area contributed by atoms with Gasteiger partial charge in [0.05, 0.1) is 17.8 Å². The smallest absolute Gasteiger partial charge is 0.331 e. The molecule has 12 heteroatoms. The summed E-state index contributed by atoms with van der Waals surface area (Å²) in [6.45, 7) is 3.72. The summed E-state index contributed by atoms with van der Waals surface area (Å²) in [5.41, 5.74) is 0.139. The summed E-state index contributed by atoms with van der Waals surface area (Å²) in [5, 5.41) is 4.42. The second-order valence-electron chi connectivity index (χ2n) is 8.44. The molecular weight excluding hydrogens is 480 g/mol. The number of carbonyl (C=O) groups excluding carboxylic acids is 1. The van der Waals surface area contributed by atoms with Crippen molar-refractivity contribution in [3.63, 3.8) is 0 Å². The van der Waals surface area contributed by atoms with Crippen LogP contribution >= 0.6 is 11.3 Å². The predicted octanol–water partition coefficient (Wildman–Crippen LogP) is 3.11. The summed E-state index contributed by atoms with van der Waals surface area (Å²) in [5.74, 6) is -2.47. The maximum Gasteiger partial charge on any atom is 0.331 e. The topological polar surface area (TPSA) is 100 Å². The van der Waals surface area contributed by atoms with E-state index < -0.39 is 34.5 Å². The predicted molar refractivity (Wildman–Crippen MR) is 129 cm³/mol. The molecule has 3 heterocycles. The fourth-order valence-electron chi connectivity index (χ4n) is 3.54. The van der Waals surface area contributed by atoms with Crippen molar-refractivity contribution in [1.82, 2.24) is 18.7 Å². The number of thiazole rings is 1. The number of rotatable bonds is 7. The van der Waals surface area contributed by atoms with E-state index in [1.54, 1.807) is 24.7 Å². The van der Waals surface area contributed by atoms with Crippen LogP contribution in [0.4, 0.5) is 13.9 Å². The van der Waals surface area contributed by atoms with Crippen molar-refractivity contribution in [3.8, 4) is 17.0 Å². The minimum Gasteiger partial charge on any atom is -0.487 e. The Hall–Kier alpha value is -3.80. The standard InChI is InChI=1S/C23H23F2N5O4S/c1-12(2)10-34-20-14(24)7-13(8-15(20)25)16-11-35-22(26-16)27-18(31)9-30-6-5-17-19(30)21(32)29(4)23(33)28(17)3/h5-8,11-12H,9-10H2,1-4H3,(H,26,27,31). The normalized spacial score (nSPS) is 11.4. The molecule has 4 rings (SSSR count). The largest absolute Gasteiger partial charge is 0.487 e. The van der Waals surface area contributed by atoms with Crippen LogP contribution in [0.3, 0.4) is 0 Å². The van der Waals surface area contributed by atoms with Gasteiger partial charge in [-0.2, -0.15) is 0 Å². The molecule has 0 bridgehead atoms. The Balaban J connectivity index is 1.52. The number of aryl methyl sites for hydroxylation is 1. The summed E-state index contributed by atoms with van der Waals surface area (Å²) in [6, 6.07) is 3.85. The third-order valence-electron chi connectivity index (χ3n) is 5.30. The van der Waals surface area contributed by atoms with Gasteiger partial charge in [0.2, 0.25) is 5.91 Å². The van der Waals surface area contributed by atoms with Crippen molar-refractivity contribution in [2.24, 2.45) is 20.0 Å². The first-order chi connectivity index (χ1) is 16.6. The van der Waals surface area contributed by atoms with Gasteiger partial charge in [-0.3, -0.25) is 18.7 Å². The van der Waals surface area contributed by atoms with E-state index in [2.05, 4.69) is 10.3 Å². The van der Waals surface area contributed by atoms with E-state index in [9.17, 15) is 23.2 Å². The highest BCUT2D eigenvalue weighted by Crippen LogP contribution is 2.31. The van der Waals surface area contributed by atoms with Gasteiger partial charge in [0.15, 0.2) is 22.5 Å². The molecule has 184 valence electrons. The number of hydrogen-bond acceptors (Lipinski definition) is 6. The number of anilines is 1. The van der Waals surface area contributed by atoms with E-state index >= 15 is 0 Å². The fraction of sp³-hybridized carbons (Fsp3) is 0.304. The average Bonchev–Trinajstić information content (AvgIpc) is 3.42. The summed E-state index contributed by atoms with van der Waals surface area (Å²) in [7, 11) is 2.91. The fourth-order valence-corrected chi connectivity index (χ4v) is 4.28. The number of nitrogens with zero attached hydrogens (tertiary/aromatic N) is 4. The van der Waals surface area contributed by atoms with Crippen LogP contribution in [-0.4, -0.2) is 31.2 Å². The lowest BCUT2D eigenvalue weighted by Gasteiger charge is -2.11. The van der Waals surface area contributed by atoms with Crippen molar-refractivity contribution >= 4 is 33.4 Å². The maximum absolute atomic E-state index is 14.4. The third kappa shape index (κ3) is 4.74. The number of amides is 1. The molecule has 4 aromatic rings. The molecule has 0 aliphatic carbocycles. The Morgan fingerprint density at radius 3 is 2.51 bits per heavy atom. The minimum atomic E-state index is -0.838. The molecule has 9 nitrogen and oxygen atoms in total. The van der Waals surface area contributed by atoms with Crippen LogP contribution in [-0.2, 0) is 25.4 Å². The number of aromatic nitrogens is 4. The molecule has 1 N–H and O–H groups in total. The number of fused-ring (bicyclic) bond motifs is 1. The third-order valence-corrected chi connectivity index (χ3v) is 6.06. The molecule has 1 amide bonds. The second-order valence-corrected chi connectivity index (χ2v) is 9.30. The quantitative estimate of drug-likeness (QED) is 0.418. The molecule has 1 aromatic carbocycles. The highest BCUT2D eigenvalue weighted by atomic mass is 32.1. The molecule has 0 saturated heterocycles. The SMILES string of the molecule is CC(C)COc1c(F)cc(-c2csc(NC(=O)Cn3ccc4c3c(=O)n(C)c(=O)n4C)n2)cc1F. The zero-order chi connectivity index (χ0) is 25.4. The monoisotopic (exact) mass is 503 g/mol. The zero-order valence-electron chi connectivity index (χ0n) is 19.5. The highest BCUT2D eigenvalue weighted by molar-refractivity contribution is 7.14. The highest BCUT2D eigenvalue weighted by Gasteiger charge is 2.18. The van der Waals surface area contributed by atoms with Gasteiger partial charge in [0.25, 0.3) is 5.56 Å². The first kappa shape index (κ1) is 24.3. The van der Waals surface area contributed by atoms with Crippen LogP contribution in [0.15, 0.2) is 39.4 Å². The van der Waals surface area contributed by atoms with Gasteiger partial charge in [-0.1, -0.05) is 13.8 Å². The average molecular weight is 504 g/mol. The number of halogens is 2. The molecule has 0 atom stereocenters. The molecular formula is C23H23F2N5O4S. The van der Waals surface area contributed by atoms with Crippen molar-refractivity contribution in [2.45, 2.75) is 20.4 Å². The van der Waals surface area contributed by atoms with E-state index in [0.717, 1.165) is 28.0 Å². The van der Waals surface area contributed by atoms with Gasteiger partial charge in [0, 0.05) is 31.2 Å². The van der Waals surface area contributed by atoms with Crippen LogP contribution in [0.25, 0.3) is 22.3 Å². The Bertz CT molecular complexity index is 1530. The Kier molecular flexibility index (Phi) is 6.57. The van der Waals surface area contributed by atoms with Gasteiger partial charge in [-0.25, -0.2) is 18.6 Å². The molecule has 35 heavy (non-hydrogen) atoms. The van der Waals surface area contributed by atoms with Gasteiger partial charge >= 0.3 is 5.69 Å². The van der Waals surface area contributed by atoms with Crippen LogP contribution in [0.5, 0.6) is 5.75 Å². The van der Waals surface area contributed by atoms with Gasteiger partial charge in [0.1, 0.15) is 12.1 Å². The molecule has 0 aliphatic rings. The number of hydrogen-bond donors (Lipinski definition) is 1. The van der Waals surface area contributed by atoms with Crippen LogP contribution in [0, 0.1) is 17.6 Å². The summed E-state index contributed by atoms with van der Waals surface area (Å²) < 4.78 is 37.8. The lowest BCUT2D eigenvalue weighted by atomic mass is 10.1.